The Kier molecular flexibility index (Phi) is 3.72. The molecule has 0 atom stereocenters. The number of H-pyrrole nitrogens is 1. The minimum Gasteiger partial charge on any atom is -0.275 e. The molecule has 0 aliphatic carbocycles. The molecule has 1 aliphatic rings. The molecule has 1 aliphatic heterocycles. The highest BCUT2D eigenvalue weighted by Crippen LogP contribution is 2.37. The maximum absolute atomic E-state index is 13.3. The number of nitrogens with zero attached hydrogens (tertiary/aromatic N) is 3. The number of carbonyl (C=O) groups excluding carboxylic acids is 2. The Balaban J connectivity index is 1.73. The third kappa shape index (κ3) is 2.35. The molecule has 8 heteroatoms. The number of fused-ring (bicyclic) bond motifs is 3. The van der Waals surface area contributed by atoms with Gasteiger partial charge in [-0.05, 0) is 18.2 Å². The third-order valence-corrected chi connectivity index (χ3v) is 5.40. The molecule has 0 fully saturated rings. The van der Waals surface area contributed by atoms with Crippen LogP contribution in [-0.2, 0) is 0 Å². The van der Waals surface area contributed by atoms with Gasteiger partial charge < -0.3 is 0 Å². The Hall–Kier alpha value is -3.22. The van der Waals surface area contributed by atoms with Gasteiger partial charge in [0.05, 0.1) is 37.9 Å². The van der Waals surface area contributed by atoms with E-state index in [1.807, 2.05) is 30.3 Å². The molecule has 0 saturated carbocycles. The van der Waals surface area contributed by atoms with E-state index in [1.54, 1.807) is 12.1 Å². The molecule has 2 aromatic carbocycles. The van der Waals surface area contributed by atoms with Crippen molar-refractivity contribution >= 4 is 51.7 Å². The Morgan fingerprint density at radius 3 is 2.46 bits per heavy atom. The van der Waals surface area contributed by atoms with Crippen molar-refractivity contribution in [3.8, 4) is 11.3 Å². The summed E-state index contributed by atoms with van der Waals surface area (Å²) in [6, 6.07) is 14.1. The number of imide groups is 1. The number of aromatic nitrogens is 3. The summed E-state index contributed by atoms with van der Waals surface area (Å²) in [6.07, 6.45) is 1.38. The van der Waals surface area contributed by atoms with Gasteiger partial charge in [0.15, 0.2) is 5.65 Å². The summed E-state index contributed by atoms with van der Waals surface area (Å²) in [6.45, 7) is 0. The van der Waals surface area contributed by atoms with E-state index in [2.05, 4.69) is 15.2 Å². The van der Waals surface area contributed by atoms with E-state index < -0.39 is 11.8 Å². The van der Waals surface area contributed by atoms with Crippen LogP contribution in [0.2, 0.25) is 10.0 Å². The molecular weight excluding hydrogens is 399 g/mol. The van der Waals surface area contributed by atoms with Gasteiger partial charge >= 0.3 is 0 Å². The highest BCUT2D eigenvalue weighted by molar-refractivity contribution is 6.43. The average Bonchev–Trinajstić information content (AvgIpc) is 3.24. The van der Waals surface area contributed by atoms with Crippen LogP contribution < -0.4 is 4.90 Å². The Labute approximate surface area is 168 Å². The maximum Gasteiger partial charge on any atom is 0.267 e. The van der Waals surface area contributed by atoms with Crippen LogP contribution >= 0.6 is 23.2 Å². The first kappa shape index (κ1) is 16.9. The number of hydrogen-bond acceptors (Lipinski definition) is 4. The molecule has 5 rings (SSSR count). The highest BCUT2D eigenvalue weighted by atomic mass is 35.5. The van der Waals surface area contributed by atoms with Crippen LogP contribution in [-0.4, -0.2) is 27.0 Å². The number of hydrogen-bond donors (Lipinski definition) is 1. The van der Waals surface area contributed by atoms with Crippen molar-refractivity contribution in [2.24, 2.45) is 0 Å². The van der Waals surface area contributed by atoms with Crippen LogP contribution in [0, 0.1) is 0 Å². The molecule has 0 bridgehead atoms. The van der Waals surface area contributed by atoms with E-state index in [9.17, 15) is 9.59 Å². The van der Waals surface area contributed by atoms with Crippen molar-refractivity contribution in [3.63, 3.8) is 0 Å². The fourth-order valence-corrected chi connectivity index (χ4v) is 3.66. The third-order valence-electron chi connectivity index (χ3n) is 4.66. The fourth-order valence-electron chi connectivity index (χ4n) is 3.37. The van der Waals surface area contributed by atoms with Crippen LogP contribution in [0.5, 0.6) is 0 Å². The molecule has 0 radical (unpaired) electrons. The largest absolute Gasteiger partial charge is 0.275 e. The lowest BCUT2D eigenvalue weighted by Gasteiger charge is -2.14. The molecule has 136 valence electrons. The molecule has 0 unspecified atom stereocenters. The number of halogens is 2. The van der Waals surface area contributed by atoms with Gasteiger partial charge in [0.1, 0.15) is 0 Å². The van der Waals surface area contributed by atoms with Gasteiger partial charge in [-0.1, -0.05) is 53.5 Å². The number of rotatable bonds is 2. The smallest absolute Gasteiger partial charge is 0.267 e. The van der Waals surface area contributed by atoms with Crippen molar-refractivity contribution in [2.45, 2.75) is 0 Å². The van der Waals surface area contributed by atoms with Crippen LogP contribution in [0.4, 0.5) is 5.69 Å². The Morgan fingerprint density at radius 1 is 0.929 bits per heavy atom. The summed E-state index contributed by atoms with van der Waals surface area (Å²) < 4.78 is 0. The number of anilines is 1. The molecule has 2 aromatic heterocycles. The van der Waals surface area contributed by atoms with Gasteiger partial charge in [-0.3, -0.25) is 14.7 Å². The topological polar surface area (TPSA) is 79.0 Å². The van der Waals surface area contributed by atoms with Crippen LogP contribution in [0.1, 0.15) is 20.7 Å². The van der Waals surface area contributed by atoms with E-state index in [-0.39, 0.29) is 16.1 Å². The van der Waals surface area contributed by atoms with Gasteiger partial charge in [-0.25, -0.2) is 9.88 Å². The summed E-state index contributed by atoms with van der Waals surface area (Å²) >= 11 is 12.0. The molecular formula is C20H10Cl2N4O2. The van der Waals surface area contributed by atoms with Gasteiger partial charge in [0, 0.05) is 11.8 Å². The summed E-state index contributed by atoms with van der Waals surface area (Å²) in [5.74, 6) is -0.919. The van der Waals surface area contributed by atoms with E-state index in [4.69, 9.17) is 23.2 Å². The molecule has 0 spiro atoms. The van der Waals surface area contributed by atoms with E-state index in [1.165, 1.54) is 12.3 Å². The predicted molar refractivity (Wildman–Crippen MR) is 107 cm³/mol. The second-order valence-electron chi connectivity index (χ2n) is 6.25. The molecule has 3 heterocycles. The molecule has 1 N–H and O–H groups in total. The van der Waals surface area contributed by atoms with E-state index >= 15 is 0 Å². The second kappa shape index (κ2) is 6.15. The highest BCUT2D eigenvalue weighted by Gasteiger charge is 2.40. The van der Waals surface area contributed by atoms with Crippen LogP contribution in [0.3, 0.4) is 0 Å². The van der Waals surface area contributed by atoms with Crippen molar-refractivity contribution in [1.82, 2.24) is 15.2 Å². The van der Waals surface area contributed by atoms with Gasteiger partial charge in [0.2, 0.25) is 0 Å². The lowest BCUT2D eigenvalue weighted by atomic mass is 10.0. The first-order chi connectivity index (χ1) is 13.6. The number of amides is 2. The first-order valence-corrected chi connectivity index (χ1v) is 9.08. The fraction of sp³-hybridized carbons (Fsp3) is 0. The zero-order valence-electron chi connectivity index (χ0n) is 14.1. The maximum atomic E-state index is 13.3. The Morgan fingerprint density at radius 2 is 1.71 bits per heavy atom. The normalized spacial score (nSPS) is 13.4. The van der Waals surface area contributed by atoms with Crippen molar-refractivity contribution < 1.29 is 9.59 Å². The molecule has 2 amide bonds. The summed E-state index contributed by atoms with van der Waals surface area (Å²) in [5.41, 5.74) is 2.69. The molecule has 4 aromatic rings. The van der Waals surface area contributed by atoms with Crippen LogP contribution in [0.25, 0.3) is 22.3 Å². The van der Waals surface area contributed by atoms with Crippen molar-refractivity contribution in [2.75, 3.05) is 4.90 Å². The van der Waals surface area contributed by atoms with Crippen molar-refractivity contribution in [3.05, 3.63) is 75.9 Å². The van der Waals surface area contributed by atoms with Gasteiger partial charge in [0.25, 0.3) is 11.8 Å². The van der Waals surface area contributed by atoms with Gasteiger partial charge in [-0.15, -0.1) is 0 Å². The first-order valence-electron chi connectivity index (χ1n) is 8.32. The average molecular weight is 409 g/mol. The zero-order chi connectivity index (χ0) is 19.4. The van der Waals surface area contributed by atoms with E-state index in [0.29, 0.717) is 27.4 Å². The molecule has 6 nitrogen and oxygen atoms in total. The second-order valence-corrected chi connectivity index (χ2v) is 7.07. The lowest BCUT2D eigenvalue weighted by Crippen LogP contribution is -2.29. The monoisotopic (exact) mass is 408 g/mol. The SMILES string of the molecule is O=C1c2cnc3n[nH]c(-c4ccccc4)c3c2C(=O)N1c1ccc(Cl)c(Cl)c1. The molecule has 28 heavy (non-hydrogen) atoms. The Bertz CT molecular complexity index is 1280. The number of carbonyl (C=O) groups is 2. The summed E-state index contributed by atoms with van der Waals surface area (Å²) in [7, 11) is 0. The quantitative estimate of drug-likeness (QED) is 0.486. The summed E-state index contributed by atoms with van der Waals surface area (Å²) in [5, 5.41) is 8.25. The number of nitrogens with one attached hydrogen (secondary N) is 1. The minimum atomic E-state index is -0.465. The van der Waals surface area contributed by atoms with Gasteiger partial charge in [-0.2, -0.15) is 5.10 Å². The minimum absolute atomic E-state index is 0.224. The zero-order valence-corrected chi connectivity index (χ0v) is 15.6. The lowest BCUT2D eigenvalue weighted by molar-refractivity contribution is 0.0926. The standard InChI is InChI=1S/C20H10Cl2N4O2/c21-13-7-6-11(8-14(13)22)26-19(27)12-9-23-18-16(15(12)20(26)28)17(24-25-18)10-4-2-1-3-5-10/h1-9H,(H,23,24,25). The number of aromatic amines is 1. The number of benzene rings is 2. The molecule has 0 saturated heterocycles. The van der Waals surface area contributed by atoms with Crippen LogP contribution in [0.15, 0.2) is 54.7 Å². The van der Waals surface area contributed by atoms with Crippen molar-refractivity contribution in [1.29, 1.82) is 0 Å². The van der Waals surface area contributed by atoms with E-state index in [0.717, 1.165) is 10.5 Å². The summed E-state index contributed by atoms with van der Waals surface area (Å²) in [4.78, 5) is 31.6. The number of pyridine rings is 1. The predicted octanol–water partition coefficient (Wildman–Crippen LogP) is 4.73.